The number of carbonyl (C=O) groups excluding carboxylic acids is 1. The van der Waals surface area contributed by atoms with Gasteiger partial charge < -0.3 is 10.6 Å². The van der Waals surface area contributed by atoms with Crippen LogP contribution in [0.3, 0.4) is 0 Å². The third-order valence-corrected chi connectivity index (χ3v) is 5.64. The van der Waals surface area contributed by atoms with Crippen molar-refractivity contribution in [1.82, 2.24) is 9.55 Å². The van der Waals surface area contributed by atoms with E-state index >= 15 is 0 Å². The summed E-state index contributed by atoms with van der Waals surface area (Å²) < 4.78 is 1.29. The molecule has 0 saturated carbocycles. The number of fused-ring (bicyclic) bond motifs is 1. The average molecular weight is 443 g/mol. The van der Waals surface area contributed by atoms with Crippen molar-refractivity contribution in [3.05, 3.63) is 105 Å². The Balaban J connectivity index is 1.80. The number of aromatic amines is 1. The Bertz CT molecular complexity index is 1410. The Hall–Kier alpha value is -4.13. The van der Waals surface area contributed by atoms with Crippen molar-refractivity contribution in [3.8, 4) is 0 Å². The zero-order valence-electron chi connectivity index (χ0n) is 18.5. The highest BCUT2D eigenvalue weighted by molar-refractivity contribution is 6.09. The smallest absolute Gasteiger partial charge is 0.330 e. The Kier molecular flexibility index (Phi) is 6.40. The van der Waals surface area contributed by atoms with Crippen molar-refractivity contribution < 1.29 is 4.79 Å². The number of H-pyrrole nitrogens is 1. The third kappa shape index (κ3) is 4.57. The molecule has 4 rings (SSSR count). The van der Waals surface area contributed by atoms with E-state index < -0.39 is 11.2 Å². The largest absolute Gasteiger partial charge is 0.383 e. The second-order valence-corrected chi connectivity index (χ2v) is 7.94. The lowest BCUT2D eigenvalue weighted by atomic mass is 10.1. The number of hydrogen-bond donors (Lipinski definition) is 2. The monoisotopic (exact) mass is 442 g/mol. The molecule has 1 aromatic heterocycles. The van der Waals surface area contributed by atoms with Crippen molar-refractivity contribution in [2.24, 2.45) is 0 Å². The molecule has 0 fully saturated rings. The predicted octanol–water partition coefficient (Wildman–Crippen LogP) is 3.77. The van der Waals surface area contributed by atoms with Crippen LogP contribution in [0.25, 0.3) is 10.8 Å². The number of nitrogens with two attached hydrogens (primary N) is 1. The summed E-state index contributed by atoms with van der Waals surface area (Å²) in [5.41, 5.74) is 6.37. The Labute approximate surface area is 191 Å². The minimum absolute atomic E-state index is 0.00265. The van der Waals surface area contributed by atoms with Crippen LogP contribution in [-0.2, 0) is 6.54 Å². The van der Waals surface area contributed by atoms with Crippen molar-refractivity contribution in [3.63, 3.8) is 0 Å². The number of rotatable bonds is 7. The van der Waals surface area contributed by atoms with Gasteiger partial charge in [0.05, 0.1) is 6.54 Å². The van der Waals surface area contributed by atoms with Crippen molar-refractivity contribution in [2.75, 3.05) is 17.2 Å². The summed E-state index contributed by atoms with van der Waals surface area (Å²) in [6, 6.07) is 22.5. The first-order valence-electron chi connectivity index (χ1n) is 11.0. The van der Waals surface area contributed by atoms with Gasteiger partial charge in [0, 0.05) is 12.1 Å². The van der Waals surface area contributed by atoms with E-state index in [1.807, 2.05) is 67.6 Å². The van der Waals surface area contributed by atoms with Crippen molar-refractivity contribution >= 4 is 28.2 Å². The summed E-state index contributed by atoms with van der Waals surface area (Å²) in [6.45, 7) is 2.49. The van der Waals surface area contributed by atoms with E-state index in [0.29, 0.717) is 18.5 Å². The predicted molar refractivity (Wildman–Crippen MR) is 132 cm³/mol. The molecule has 1 amide bonds. The molecule has 7 nitrogen and oxygen atoms in total. The van der Waals surface area contributed by atoms with Crippen LogP contribution >= 0.6 is 0 Å². The first kappa shape index (κ1) is 22.1. The zero-order chi connectivity index (χ0) is 23.4. The zero-order valence-corrected chi connectivity index (χ0v) is 18.5. The molecule has 1 heterocycles. The van der Waals surface area contributed by atoms with E-state index in [-0.39, 0.29) is 24.0 Å². The van der Waals surface area contributed by atoms with Gasteiger partial charge >= 0.3 is 5.69 Å². The van der Waals surface area contributed by atoms with Crippen molar-refractivity contribution in [1.29, 1.82) is 0 Å². The van der Waals surface area contributed by atoms with Gasteiger partial charge in [-0.3, -0.25) is 19.1 Å². The number of unbranched alkanes of at least 4 members (excludes halogenated alkanes) is 1. The van der Waals surface area contributed by atoms with E-state index in [9.17, 15) is 14.4 Å². The van der Waals surface area contributed by atoms with Crippen molar-refractivity contribution in [2.45, 2.75) is 26.3 Å². The lowest BCUT2D eigenvalue weighted by Crippen LogP contribution is -2.41. The number of hydrogen-bond acceptors (Lipinski definition) is 4. The Morgan fingerprint density at radius 1 is 0.970 bits per heavy atom. The molecule has 0 aliphatic rings. The standard InChI is InChI=1S/C26H26N4O3/c1-2-3-15-29(25(32)21-14-13-19-11-7-8-12-20(19)16-21)22-23(27)30(26(33)28-24(22)31)17-18-9-5-4-6-10-18/h4-14,16H,2-3,15,17,27H2,1H3,(H,28,31,33). The van der Waals surface area contributed by atoms with Gasteiger partial charge in [0.15, 0.2) is 5.69 Å². The van der Waals surface area contributed by atoms with E-state index in [1.54, 1.807) is 12.1 Å². The van der Waals surface area contributed by atoms with Gasteiger partial charge in [0.2, 0.25) is 0 Å². The van der Waals surface area contributed by atoms with E-state index in [0.717, 1.165) is 22.8 Å². The number of nitrogens with zero attached hydrogens (tertiary/aromatic N) is 2. The molecule has 3 N–H and O–H groups in total. The van der Waals surface area contributed by atoms with Crippen LogP contribution in [0.5, 0.6) is 0 Å². The highest BCUT2D eigenvalue weighted by atomic mass is 16.2. The molecule has 7 heteroatoms. The van der Waals surface area contributed by atoms with E-state index in [4.69, 9.17) is 5.73 Å². The molecular weight excluding hydrogens is 416 g/mol. The molecule has 0 saturated heterocycles. The van der Waals surface area contributed by atoms with E-state index in [1.165, 1.54) is 9.47 Å². The Morgan fingerprint density at radius 2 is 1.67 bits per heavy atom. The van der Waals surface area contributed by atoms with Gasteiger partial charge in [0.25, 0.3) is 11.5 Å². The van der Waals surface area contributed by atoms with E-state index in [2.05, 4.69) is 4.98 Å². The van der Waals surface area contributed by atoms with Gasteiger partial charge in [-0.2, -0.15) is 0 Å². The van der Waals surface area contributed by atoms with Crippen LogP contribution in [0.4, 0.5) is 11.5 Å². The fourth-order valence-corrected chi connectivity index (χ4v) is 3.87. The number of anilines is 2. The van der Waals surface area contributed by atoms with Crippen LogP contribution in [0.15, 0.2) is 82.4 Å². The van der Waals surface area contributed by atoms with Crippen LogP contribution in [0.1, 0.15) is 35.7 Å². The number of carbonyl (C=O) groups is 1. The molecule has 4 aromatic rings. The first-order chi connectivity index (χ1) is 16.0. The summed E-state index contributed by atoms with van der Waals surface area (Å²) in [4.78, 5) is 42.8. The number of amides is 1. The maximum absolute atomic E-state index is 13.6. The number of benzene rings is 3. The maximum Gasteiger partial charge on any atom is 0.330 e. The topological polar surface area (TPSA) is 101 Å². The molecule has 0 atom stereocenters. The molecule has 0 aliphatic carbocycles. The minimum atomic E-state index is -0.674. The number of nitrogen functional groups attached to an aromatic ring is 1. The summed E-state index contributed by atoms with van der Waals surface area (Å²) in [7, 11) is 0. The second-order valence-electron chi connectivity index (χ2n) is 7.94. The lowest BCUT2D eigenvalue weighted by molar-refractivity contribution is 0.0986. The van der Waals surface area contributed by atoms with Gasteiger partial charge in [0.1, 0.15) is 5.82 Å². The highest BCUT2D eigenvalue weighted by Crippen LogP contribution is 2.23. The average Bonchev–Trinajstić information content (AvgIpc) is 2.83. The maximum atomic E-state index is 13.6. The molecular formula is C26H26N4O3. The van der Waals surface area contributed by atoms with Gasteiger partial charge in [-0.05, 0) is 34.9 Å². The summed E-state index contributed by atoms with van der Waals surface area (Å²) in [5, 5.41) is 1.94. The number of nitrogens with one attached hydrogen (secondary N) is 1. The fraction of sp³-hybridized carbons (Fsp3) is 0.192. The van der Waals surface area contributed by atoms with Gasteiger partial charge in [-0.1, -0.05) is 74.0 Å². The Morgan fingerprint density at radius 3 is 2.39 bits per heavy atom. The summed E-state index contributed by atoms with van der Waals surface area (Å²) >= 11 is 0. The SMILES string of the molecule is CCCCN(C(=O)c1ccc2ccccc2c1)c1c(N)n(Cc2ccccc2)c(=O)[nH]c1=O. The molecule has 0 bridgehead atoms. The molecule has 0 aliphatic heterocycles. The second kappa shape index (κ2) is 9.56. The van der Waals surface area contributed by atoms with Crippen LogP contribution < -0.4 is 21.9 Å². The first-order valence-corrected chi connectivity index (χ1v) is 11.0. The van der Waals surface area contributed by atoms with Crippen LogP contribution in [0.2, 0.25) is 0 Å². The van der Waals surface area contributed by atoms with Crippen LogP contribution in [-0.4, -0.2) is 22.0 Å². The summed E-state index contributed by atoms with van der Waals surface area (Å²) in [5.74, 6) is -0.367. The normalized spacial score (nSPS) is 10.9. The molecule has 0 unspecified atom stereocenters. The highest BCUT2D eigenvalue weighted by Gasteiger charge is 2.25. The molecule has 0 spiro atoms. The fourth-order valence-electron chi connectivity index (χ4n) is 3.87. The van der Waals surface area contributed by atoms with Gasteiger partial charge in [-0.15, -0.1) is 0 Å². The molecule has 0 radical (unpaired) electrons. The molecule has 3 aromatic carbocycles. The minimum Gasteiger partial charge on any atom is -0.383 e. The quantitative estimate of drug-likeness (QED) is 0.455. The summed E-state index contributed by atoms with van der Waals surface area (Å²) in [6.07, 6.45) is 1.50. The lowest BCUT2D eigenvalue weighted by Gasteiger charge is -2.24. The number of aromatic nitrogens is 2. The van der Waals surface area contributed by atoms with Crippen LogP contribution in [0, 0.1) is 0 Å². The molecule has 168 valence electrons. The third-order valence-electron chi connectivity index (χ3n) is 5.64. The van der Waals surface area contributed by atoms with Gasteiger partial charge in [-0.25, -0.2) is 4.79 Å². The molecule has 33 heavy (non-hydrogen) atoms.